The summed E-state index contributed by atoms with van der Waals surface area (Å²) in [5.74, 6) is 0. The zero-order chi connectivity index (χ0) is 12.3. The van der Waals surface area contributed by atoms with Crippen molar-refractivity contribution in [1.82, 2.24) is 15.1 Å². The van der Waals surface area contributed by atoms with E-state index in [4.69, 9.17) is 5.73 Å². The number of rotatable bonds is 0. The summed E-state index contributed by atoms with van der Waals surface area (Å²) in [6, 6.07) is 0.335. The minimum atomic E-state index is -0.389. The highest BCUT2D eigenvalue weighted by molar-refractivity contribution is 5.75. The molecule has 3 atom stereocenters. The van der Waals surface area contributed by atoms with Gasteiger partial charge in [0.2, 0.25) is 0 Å². The van der Waals surface area contributed by atoms with E-state index in [1.165, 1.54) is 11.1 Å². The van der Waals surface area contributed by atoms with Crippen LogP contribution >= 0.6 is 0 Å². The second kappa shape index (κ2) is 3.26. The molecule has 0 aromatic rings. The van der Waals surface area contributed by atoms with Crippen LogP contribution in [0.15, 0.2) is 47.9 Å². The number of nitrogens with zero attached hydrogens (tertiary/aromatic N) is 2. The van der Waals surface area contributed by atoms with Gasteiger partial charge in [-0.3, -0.25) is 10.2 Å². The molecule has 1 saturated heterocycles. The Balaban J connectivity index is 1.68. The second-order valence-electron chi connectivity index (χ2n) is 5.01. The van der Waals surface area contributed by atoms with Crippen LogP contribution in [0.2, 0.25) is 0 Å². The van der Waals surface area contributed by atoms with E-state index in [-0.39, 0.29) is 12.2 Å². The number of carbonyl (C=O) groups excluding carboxylic acids is 1. The molecule has 2 amide bonds. The Kier molecular flexibility index (Phi) is 1.81. The number of hydrogen-bond donors (Lipinski definition) is 2. The van der Waals surface area contributed by atoms with Crippen molar-refractivity contribution >= 4 is 6.03 Å². The molecule has 3 unspecified atom stereocenters. The fourth-order valence-electron chi connectivity index (χ4n) is 3.14. The number of urea groups is 1. The monoisotopic (exact) mass is 242 g/mol. The van der Waals surface area contributed by atoms with Gasteiger partial charge < -0.3 is 10.6 Å². The first-order chi connectivity index (χ1) is 8.74. The average Bonchev–Trinajstić information content (AvgIpc) is 2.97. The lowest BCUT2D eigenvalue weighted by Crippen LogP contribution is -2.33. The van der Waals surface area contributed by atoms with Crippen molar-refractivity contribution in [3.05, 3.63) is 47.9 Å². The van der Waals surface area contributed by atoms with Gasteiger partial charge in [-0.25, -0.2) is 4.79 Å². The van der Waals surface area contributed by atoms with Crippen LogP contribution in [0.5, 0.6) is 0 Å². The van der Waals surface area contributed by atoms with Crippen molar-refractivity contribution < 1.29 is 4.79 Å². The van der Waals surface area contributed by atoms with Gasteiger partial charge in [0, 0.05) is 18.0 Å². The van der Waals surface area contributed by atoms with E-state index in [0.29, 0.717) is 18.6 Å². The molecule has 18 heavy (non-hydrogen) atoms. The van der Waals surface area contributed by atoms with E-state index in [0.717, 1.165) is 0 Å². The summed E-state index contributed by atoms with van der Waals surface area (Å²) in [4.78, 5) is 15.1. The van der Waals surface area contributed by atoms with Gasteiger partial charge in [0.1, 0.15) is 6.17 Å². The van der Waals surface area contributed by atoms with Crippen LogP contribution in [0.1, 0.15) is 0 Å². The van der Waals surface area contributed by atoms with Gasteiger partial charge in [0.25, 0.3) is 0 Å². The number of hydrogen-bond acceptors (Lipinski definition) is 3. The number of carbonyl (C=O) groups is 1. The zero-order valence-electron chi connectivity index (χ0n) is 9.78. The summed E-state index contributed by atoms with van der Waals surface area (Å²) in [6.45, 7) is 0.594. The molecule has 3 heterocycles. The standard InChI is InChI=1S/C13H14N4O/c14-13(18)16-5-8-6-17-11-4-2-1-3-10(11)15-12(17)9(8)7-16/h1-4,6-7,10-12,15H,5H2,(H2,14,18). The molecule has 0 aromatic carbocycles. The zero-order valence-corrected chi connectivity index (χ0v) is 9.78. The molecular weight excluding hydrogens is 228 g/mol. The number of amides is 2. The predicted molar refractivity (Wildman–Crippen MR) is 67.1 cm³/mol. The molecule has 0 spiro atoms. The fraction of sp³-hybridized carbons (Fsp3) is 0.308. The van der Waals surface area contributed by atoms with Crippen molar-refractivity contribution in [2.24, 2.45) is 5.73 Å². The van der Waals surface area contributed by atoms with Crippen molar-refractivity contribution in [3.8, 4) is 0 Å². The van der Waals surface area contributed by atoms with E-state index in [9.17, 15) is 4.79 Å². The van der Waals surface area contributed by atoms with E-state index in [2.05, 4.69) is 40.7 Å². The molecule has 3 N–H and O–H groups in total. The van der Waals surface area contributed by atoms with Crippen LogP contribution < -0.4 is 11.1 Å². The van der Waals surface area contributed by atoms with Crippen LogP contribution in [0.3, 0.4) is 0 Å². The maximum absolute atomic E-state index is 11.2. The maximum atomic E-state index is 11.2. The largest absolute Gasteiger partial charge is 0.351 e. The van der Waals surface area contributed by atoms with Crippen LogP contribution in [0.25, 0.3) is 0 Å². The Morgan fingerprint density at radius 3 is 3.00 bits per heavy atom. The maximum Gasteiger partial charge on any atom is 0.319 e. The van der Waals surface area contributed by atoms with E-state index < -0.39 is 0 Å². The lowest BCUT2D eigenvalue weighted by Gasteiger charge is -2.23. The van der Waals surface area contributed by atoms with Crippen molar-refractivity contribution in [2.45, 2.75) is 18.2 Å². The third-order valence-corrected chi connectivity index (χ3v) is 3.99. The molecular formula is C13H14N4O. The highest BCUT2D eigenvalue weighted by Gasteiger charge is 2.45. The SMILES string of the molecule is NC(=O)N1C=C2C(=CN3C2NC2C=CC=CC23)C1. The molecule has 4 aliphatic rings. The lowest BCUT2D eigenvalue weighted by atomic mass is 10.0. The number of allylic oxidation sites excluding steroid dienone is 2. The summed E-state index contributed by atoms with van der Waals surface area (Å²) in [5.41, 5.74) is 7.67. The summed E-state index contributed by atoms with van der Waals surface area (Å²) in [6.07, 6.45) is 12.7. The average molecular weight is 242 g/mol. The molecule has 92 valence electrons. The van der Waals surface area contributed by atoms with Crippen LogP contribution in [-0.4, -0.2) is 40.6 Å². The summed E-state index contributed by atoms with van der Waals surface area (Å²) >= 11 is 0. The predicted octanol–water partition coefficient (Wildman–Crippen LogP) is 0.257. The van der Waals surface area contributed by atoms with Gasteiger partial charge in [-0.1, -0.05) is 24.3 Å². The number of nitrogens with one attached hydrogen (secondary N) is 1. The summed E-state index contributed by atoms with van der Waals surface area (Å²) in [7, 11) is 0. The highest BCUT2D eigenvalue weighted by atomic mass is 16.2. The first kappa shape index (κ1) is 9.96. The second-order valence-corrected chi connectivity index (χ2v) is 5.01. The summed E-state index contributed by atoms with van der Waals surface area (Å²) < 4.78 is 0. The fourth-order valence-corrected chi connectivity index (χ4v) is 3.14. The first-order valence-electron chi connectivity index (χ1n) is 6.11. The van der Waals surface area contributed by atoms with E-state index in [1.807, 2.05) is 6.20 Å². The molecule has 3 aliphatic heterocycles. The Morgan fingerprint density at radius 1 is 1.33 bits per heavy atom. The highest BCUT2D eigenvalue weighted by Crippen LogP contribution is 2.38. The molecule has 5 heteroatoms. The van der Waals surface area contributed by atoms with Gasteiger partial charge in [-0.05, 0) is 5.57 Å². The Morgan fingerprint density at radius 2 is 2.17 bits per heavy atom. The van der Waals surface area contributed by atoms with Crippen LogP contribution in [-0.2, 0) is 0 Å². The van der Waals surface area contributed by atoms with Gasteiger partial charge in [0.05, 0.1) is 18.6 Å². The summed E-state index contributed by atoms with van der Waals surface area (Å²) in [5, 5.41) is 3.57. The Hall–Kier alpha value is -2.01. The smallest absolute Gasteiger partial charge is 0.319 e. The van der Waals surface area contributed by atoms with Gasteiger partial charge in [-0.15, -0.1) is 0 Å². The Labute approximate surface area is 105 Å². The van der Waals surface area contributed by atoms with Crippen molar-refractivity contribution in [3.63, 3.8) is 0 Å². The number of primary amides is 1. The third-order valence-electron chi connectivity index (χ3n) is 3.99. The molecule has 1 fully saturated rings. The normalized spacial score (nSPS) is 35.2. The molecule has 0 radical (unpaired) electrons. The minimum absolute atomic E-state index is 0.173. The van der Waals surface area contributed by atoms with Crippen molar-refractivity contribution in [1.29, 1.82) is 0 Å². The number of nitrogens with two attached hydrogens (primary N) is 1. The third kappa shape index (κ3) is 1.17. The number of fused-ring (bicyclic) bond motifs is 5. The first-order valence-corrected chi connectivity index (χ1v) is 6.11. The van der Waals surface area contributed by atoms with Gasteiger partial charge in [0.15, 0.2) is 0 Å². The van der Waals surface area contributed by atoms with E-state index >= 15 is 0 Å². The minimum Gasteiger partial charge on any atom is -0.351 e. The molecule has 0 saturated carbocycles. The Bertz CT molecular complexity index is 545. The van der Waals surface area contributed by atoms with Gasteiger partial charge in [-0.2, -0.15) is 0 Å². The molecule has 5 nitrogen and oxygen atoms in total. The van der Waals surface area contributed by atoms with Crippen LogP contribution in [0, 0.1) is 0 Å². The van der Waals surface area contributed by atoms with Crippen molar-refractivity contribution in [2.75, 3.05) is 6.54 Å². The molecule has 0 bridgehead atoms. The quantitative estimate of drug-likeness (QED) is 0.640. The molecule has 1 aliphatic carbocycles. The molecule has 0 aromatic heterocycles. The van der Waals surface area contributed by atoms with Crippen LogP contribution in [0.4, 0.5) is 4.79 Å². The van der Waals surface area contributed by atoms with E-state index in [1.54, 1.807) is 4.90 Å². The molecule has 4 rings (SSSR count). The topological polar surface area (TPSA) is 61.6 Å². The lowest BCUT2D eigenvalue weighted by molar-refractivity contribution is 0.228. The van der Waals surface area contributed by atoms with Gasteiger partial charge >= 0.3 is 6.03 Å².